The smallest absolute Gasteiger partial charge is 0.264 e. The minimum Gasteiger partial charge on any atom is -0.487 e. The van der Waals surface area contributed by atoms with Crippen LogP contribution in [-0.2, 0) is 32.6 Å². The molecule has 3 aliphatic heterocycles. The number of amides is 2. The summed E-state index contributed by atoms with van der Waals surface area (Å²) in [4.78, 5) is 31.8. The Hall–Kier alpha value is -2.82. The maximum absolute atomic E-state index is 14.1. The number of benzene rings is 2. The van der Waals surface area contributed by atoms with E-state index >= 15 is 0 Å². The van der Waals surface area contributed by atoms with Crippen molar-refractivity contribution < 1.29 is 27.5 Å². The van der Waals surface area contributed by atoms with Gasteiger partial charge in [0.05, 0.1) is 24.2 Å². The second-order valence-corrected chi connectivity index (χ2v) is 16.4. The Morgan fingerprint density at radius 2 is 1.74 bits per heavy atom. The standard InChI is InChI=1S/C36H48ClN3O6S/c1-24-6-5-8-32(36(42)39-16-18-45-19-17-39)31-13-10-28(31)22-40-15-4-3-7-26-20-30(37)12-9-29(26)23-46-34-14-11-27(21-33(34)40)35(41)38-47(43,44)25(24)2/h9,11-12,14,20-21,24-25,28,31-32H,3-8,10,13,15-19,22-23H2,1-2H3,(H,38,41)/t24?,25-,28?,31?,32-/m1/s1. The summed E-state index contributed by atoms with van der Waals surface area (Å²) >= 11 is 6.35. The Morgan fingerprint density at radius 3 is 2.51 bits per heavy atom. The molecule has 1 saturated heterocycles. The number of morpholine rings is 1. The summed E-state index contributed by atoms with van der Waals surface area (Å²) in [6, 6.07) is 11.1. The largest absolute Gasteiger partial charge is 0.487 e. The molecular weight excluding hydrogens is 638 g/mol. The van der Waals surface area contributed by atoms with Crippen LogP contribution in [0.15, 0.2) is 36.4 Å². The van der Waals surface area contributed by atoms with Gasteiger partial charge < -0.3 is 19.3 Å². The average molecular weight is 686 g/mol. The molecule has 1 saturated carbocycles. The number of halogens is 1. The zero-order valence-corrected chi connectivity index (χ0v) is 29.2. The zero-order chi connectivity index (χ0) is 33.1. The van der Waals surface area contributed by atoms with E-state index < -0.39 is 21.2 Å². The maximum atomic E-state index is 14.1. The van der Waals surface area contributed by atoms with Gasteiger partial charge in [-0.25, -0.2) is 13.1 Å². The molecule has 2 fully saturated rings. The molecule has 3 heterocycles. The van der Waals surface area contributed by atoms with Gasteiger partial charge in [0, 0.05) is 42.7 Å². The highest BCUT2D eigenvalue weighted by atomic mass is 35.5. The van der Waals surface area contributed by atoms with E-state index in [9.17, 15) is 18.0 Å². The van der Waals surface area contributed by atoms with Gasteiger partial charge >= 0.3 is 0 Å². The number of rotatable bonds is 1. The average Bonchev–Trinajstić information content (AvgIpc) is 3.08. The third-order valence-corrected chi connectivity index (χ3v) is 13.2. The number of anilines is 1. The van der Waals surface area contributed by atoms with Crippen molar-refractivity contribution in [3.63, 3.8) is 0 Å². The molecule has 11 heteroatoms. The van der Waals surface area contributed by atoms with Crippen LogP contribution < -0.4 is 14.4 Å². The van der Waals surface area contributed by atoms with E-state index in [2.05, 4.69) is 9.62 Å². The van der Waals surface area contributed by atoms with Gasteiger partial charge in [-0.2, -0.15) is 0 Å². The SMILES string of the molecule is CC1CCC[C@@H](C(=O)N2CCOCC2)C2CCC2CN2CCCCc3cc(Cl)ccc3COc3ccc(cc32)C(=O)NS(=O)(=O)[C@@H]1C. The maximum Gasteiger partial charge on any atom is 0.264 e. The second-order valence-electron chi connectivity index (χ2n) is 13.9. The lowest BCUT2D eigenvalue weighted by Crippen LogP contribution is -2.50. The quantitative estimate of drug-likeness (QED) is 0.403. The number of nitrogens with one attached hydrogen (secondary N) is 1. The van der Waals surface area contributed by atoms with Crippen molar-refractivity contribution in [2.45, 2.75) is 77.1 Å². The summed E-state index contributed by atoms with van der Waals surface area (Å²) < 4.78 is 41.2. The van der Waals surface area contributed by atoms with E-state index in [1.807, 2.05) is 30.0 Å². The van der Waals surface area contributed by atoms with Crippen LogP contribution in [0, 0.1) is 23.7 Å². The fraction of sp³-hybridized carbons (Fsp3) is 0.611. The summed E-state index contributed by atoms with van der Waals surface area (Å²) in [5, 5.41) is -0.0610. The molecule has 0 aromatic heterocycles. The molecule has 3 unspecified atom stereocenters. The van der Waals surface area contributed by atoms with Crippen LogP contribution in [0.4, 0.5) is 5.69 Å². The predicted octanol–water partition coefficient (Wildman–Crippen LogP) is 5.83. The van der Waals surface area contributed by atoms with E-state index in [1.54, 1.807) is 25.1 Å². The molecule has 47 heavy (non-hydrogen) atoms. The van der Waals surface area contributed by atoms with Crippen molar-refractivity contribution in [1.29, 1.82) is 0 Å². The van der Waals surface area contributed by atoms with Gasteiger partial charge in [-0.05, 0) is 111 Å². The van der Waals surface area contributed by atoms with Crippen molar-refractivity contribution in [1.82, 2.24) is 9.62 Å². The molecule has 2 amide bonds. The number of sulfonamides is 1. The number of fused-ring (bicyclic) bond motifs is 3. The molecule has 2 aromatic rings. The highest BCUT2D eigenvalue weighted by Crippen LogP contribution is 2.45. The highest BCUT2D eigenvalue weighted by molar-refractivity contribution is 7.90. The van der Waals surface area contributed by atoms with E-state index in [0.29, 0.717) is 56.0 Å². The van der Waals surface area contributed by atoms with Crippen LogP contribution in [0.1, 0.15) is 80.3 Å². The molecule has 1 N–H and O–H groups in total. The first-order valence-electron chi connectivity index (χ1n) is 17.3. The van der Waals surface area contributed by atoms with Crippen LogP contribution in [0.25, 0.3) is 0 Å². The lowest BCUT2D eigenvalue weighted by atomic mass is 9.65. The first-order chi connectivity index (χ1) is 22.6. The normalized spacial score (nSPS) is 28.7. The molecule has 2 bridgehead atoms. The molecule has 1 aliphatic carbocycles. The first kappa shape index (κ1) is 34.1. The summed E-state index contributed by atoms with van der Waals surface area (Å²) in [5.41, 5.74) is 3.30. The minimum atomic E-state index is -3.94. The monoisotopic (exact) mass is 685 g/mol. The van der Waals surface area contributed by atoms with E-state index in [-0.39, 0.29) is 29.2 Å². The highest BCUT2D eigenvalue weighted by Gasteiger charge is 2.43. The number of aryl methyl sites for hydroxylation is 1. The van der Waals surface area contributed by atoms with Crippen LogP contribution in [0.5, 0.6) is 5.75 Å². The molecular formula is C36H48ClN3O6S. The molecule has 2 aromatic carbocycles. The lowest BCUT2D eigenvalue weighted by molar-refractivity contribution is -0.144. The van der Waals surface area contributed by atoms with Crippen LogP contribution in [0.3, 0.4) is 0 Å². The molecule has 256 valence electrons. The number of hydrogen-bond donors (Lipinski definition) is 1. The van der Waals surface area contributed by atoms with Crippen molar-refractivity contribution in [2.24, 2.45) is 23.7 Å². The first-order valence-corrected chi connectivity index (χ1v) is 19.2. The van der Waals surface area contributed by atoms with E-state index in [1.165, 1.54) is 5.56 Å². The predicted molar refractivity (Wildman–Crippen MR) is 183 cm³/mol. The van der Waals surface area contributed by atoms with Gasteiger partial charge in [0.2, 0.25) is 15.9 Å². The van der Waals surface area contributed by atoms with Gasteiger partial charge in [0.25, 0.3) is 5.91 Å². The van der Waals surface area contributed by atoms with Gasteiger partial charge in [-0.3, -0.25) is 9.59 Å². The Bertz CT molecular complexity index is 1560. The number of carbonyl (C=O) groups is 2. The molecule has 0 radical (unpaired) electrons. The summed E-state index contributed by atoms with van der Waals surface area (Å²) in [6.07, 6.45) is 6.94. The van der Waals surface area contributed by atoms with E-state index in [0.717, 1.165) is 69.3 Å². The molecule has 9 nitrogen and oxygen atoms in total. The van der Waals surface area contributed by atoms with Gasteiger partial charge in [-0.1, -0.05) is 31.0 Å². The number of nitrogens with zero attached hydrogens (tertiary/aromatic N) is 2. The molecule has 4 aliphatic rings. The fourth-order valence-corrected chi connectivity index (χ4v) is 9.24. The van der Waals surface area contributed by atoms with Crippen LogP contribution in [0.2, 0.25) is 5.02 Å². The topological polar surface area (TPSA) is 105 Å². The molecule has 5 atom stereocenters. The lowest BCUT2D eigenvalue weighted by Gasteiger charge is -2.46. The van der Waals surface area contributed by atoms with Crippen molar-refractivity contribution in [3.05, 3.63) is 58.1 Å². The third kappa shape index (κ3) is 7.75. The zero-order valence-electron chi connectivity index (χ0n) is 27.6. The van der Waals surface area contributed by atoms with Gasteiger partial charge in [0.1, 0.15) is 12.4 Å². The Labute approximate surface area is 284 Å². The summed E-state index contributed by atoms with van der Waals surface area (Å²) in [5.74, 6) is 0.501. The van der Waals surface area contributed by atoms with Crippen LogP contribution in [-0.4, -0.2) is 69.8 Å². The Morgan fingerprint density at radius 1 is 0.936 bits per heavy atom. The summed E-state index contributed by atoms with van der Waals surface area (Å²) in [7, 11) is -3.94. The number of hydrogen-bond acceptors (Lipinski definition) is 7. The molecule has 6 rings (SSSR count). The van der Waals surface area contributed by atoms with Crippen LogP contribution >= 0.6 is 11.6 Å². The third-order valence-electron chi connectivity index (χ3n) is 11.0. The molecule has 0 spiro atoms. The van der Waals surface area contributed by atoms with Crippen molar-refractivity contribution >= 4 is 39.1 Å². The second kappa shape index (κ2) is 14.7. The van der Waals surface area contributed by atoms with Crippen molar-refractivity contribution in [2.75, 3.05) is 44.3 Å². The summed E-state index contributed by atoms with van der Waals surface area (Å²) in [6.45, 7) is 7.78. The number of ether oxygens (including phenoxy) is 2. The Balaban J connectivity index is 1.37. The Kier molecular flexibility index (Phi) is 10.7. The van der Waals surface area contributed by atoms with Crippen molar-refractivity contribution in [3.8, 4) is 5.75 Å². The van der Waals surface area contributed by atoms with Gasteiger partial charge in [-0.15, -0.1) is 0 Å². The fourth-order valence-electron chi connectivity index (χ4n) is 7.73. The minimum absolute atomic E-state index is 0.108. The number of carbonyl (C=O) groups excluding carboxylic acids is 2. The van der Waals surface area contributed by atoms with E-state index in [4.69, 9.17) is 21.1 Å². The van der Waals surface area contributed by atoms with Gasteiger partial charge in [0.15, 0.2) is 0 Å².